The van der Waals surface area contributed by atoms with Gasteiger partial charge in [0.25, 0.3) is 0 Å². The molecule has 0 saturated heterocycles. The van der Waals surface area contributed by atoms with Crippen molar-refractivity contribution in [3.8, 4) is 0 Å². The predicted octanol–water partition coefficient (Wildman–Crippen LogP) is -0.236. The second kappa shape index (κ2) is 4.50. The Morgan fingerprint density at radius 1 is 0.929 bits per heavy atom. The number of carbonyl (C=O) groups excluding carboxylic acids is 2. The molecule has 0 aromatic carbocycles. The normalized spacial score (nSPS) is 19.0. The van der Waals surface area contributed by atoms with Crippen molar-refractivity contribution in [1.82, 2.24) is 10.9 Å². The Hall–Kier alpha value is -1.72. The van der Waals surface area contributed by atoms with E-state index in [1.54, 1.807) is 0 Å². The molecule has 0 atom stereocenters. The van der Waals surface area contributed by atoms with Gasteiger partial charge < -0.3 is 0 Å². The molecule has 76 valence electrons. The number of carbonyl (C=O) groups is 2. The van der Waals surface area contributed by atoms with Crippen LogP contribution in [0, 0.1) is 0 Å². The van der Waals surface area contributed by atoms with E-state index < -0.39 is 0 Å². The van der Waals surface area contributed by atoms with Gasteiger partial charge in [-0.1, -0.05) is 0 Å². The van der Waals surface area contributed by atoms with E-state index in [-0.39, 0.29) is 11.8 Å². The molecule has 6 nitrogen and oxygen atoms in total. The van der Waals surface area contributed by atoms with Crippen molar-refractivity contribution in [1.29, 1.82) is 0 Å². The summed E-state index contributed by atoms with van der Waals surface area (Å²) < 4.78 is 0. The molecular formula is C8H12N4O2. The van der Waals surface area contributed by atoms with Crippen LogP contribution in [0.4, 0.5) is 0 Å². The Morgan fingerprint density at radius 3 is 1.36 bits per heavy atom. The van der Waals surface area contributed by atoms with E-state index in [9.17, 15) is 9.59 Å². The van der Waals surface area contributed by atoms with Crippen LogP contribution in [-0.4, -0.2) is 23.2 Å². The Kier molecular flexibility index (Phi) is 3.33. The van der Waals surface area contributed by atoms with E-state index in [1.807, 2.05) is 13.8 Å². The molecule has 0 unspecified atom stereocenters. The number of hydrogen-bond donors (Lipinski definition) is 2. The van der Waals surface area contributed by atoms with Crippen LogP contribution < -0.4 is 10.9 Å². The summed E-state index contributed by atoms with van der Waals surface area (Å²) in [6.07, 6.45) is 0.944. The molecule has 0 fully saturated rings. The molecule has 0 aromatic rings. The average Bonchev–Trinajstić information content (AvgIpc) is 2.63. The highest BCUT2D eigenvalue weighted by Gasteiger charge is 2.08. The maximum absolute atomic E-state index is 10.2. The minimum absolute atomic E-state index is 0.00231. The summed E-state index contributed by atoms with van der Waals surface area (Å²) in [4.78, 5) is 20.5. The smallest absolute Gasteiger partial charge is 0.245 e. The third kappa shape index (κ3) is 3.34. The monoisotopic (exact) mass is 196 g/mol. The zero-order chi connectivity index (χ0) is 10.6. The molecule has 0 saturated carbocycles. The second-order valence-corrected chi connectivity index (χ2v) is 3.12. The fourth-order valence-electron chi connectivity index (χ4n) is 0.938. The van der Waals surface area contributed by atoms with Gasteiger partial charge in [0.15, 0.2) is 0 Å². The molecule has 14 heavy (non-hydrogen) atoms. The van der Waals surface area contributed by atoms with Crippen molar-refractivity contribution < 1.29 is 9.59 Å². The SMILES string of the molecule is CC1=NNC(=O)C1.CC1=NNC(=O)C1. The lowest BCUT2D eigenvalue weighted by atomic mass is 10.3. The number of nitrogens with zero attached hydrogens (tertiary/aromatic N) is 2. The predicted molar refractivity (Wildman–Crippen MR) is 51.7 cm³/mol. The van der Waals surface area contributed by atoms with Crippen molar-refractivity contribution in [3.05, 3.63) is 0 Å². The highest BCUT2D eigenvalue weighted by molar-refractivity contribution is 6.04. The van der Waals surface area contributed by atoms with E-state index >= 15 is 0 Å². The molecule has 0 aliphatic carbocycles. The molecule has 2 aliphatic heterocycles. The Morgan fingerprint density at radius 2 is 1.29 bits per heavy atom. The summed E-state index contributed by atoms with van der Waals surface area (Å²) in [5.74, 6) is -0.00463. The zero-order valence-corrected chi connectivity index (χ0v) is 8.13. The molecule has 2 aliphatic rings. The van der Waals surface area contributed by atoms with Crippen LogP contribution in [0.2, 0.25) is 0 Å². The lowest BCUT2D eigenvalue weighted by molar-refractivity contribution is -0.120. The van der Waals surface area contributed by atoms with Crippen LogP contribution in [0.15, 0.2) is 10.2 Å². The Labute approximate surface area is 81.4 Å². The lowest BCUT2D eigenvalue weighted by Crippen LogP contribution is -2.08. The molecule has 0 radical (unpaired) electrons. The summed E-state index contributed by atoms with van der Waals surface area (Å²) in [7, 11) is 0. The minimum Gasteiger partial charge on any atom is -0.273 e. The van der Waals surface area contributed by atoms with Crippen LogP contribution in [0.3, 0.4) is 0 Å². The zero-order valence-electron chi connectivity index (χ0n) is 8.13. The van der Waals surface area contributed by atoms with Crippen LogP contribution in [0.5, 0.6) is 0 Å². The number of nitrogens with one attached hydrogen (secondary N) is 2. The summed E-state index contributed by atoms with van der Waals surface area (Å²) in [5, 5.41) is 7.27. The molecule has 2 heterocycles. The van der Waals surface area contributed by atoms with Gasteiger partial charge in [0.1, 0.15) is 0 Å². The van der Waals surface area contributed by atoms with Crippen molar-refractivity contribution in [3.63, 3.8) is 0 Å². The first kappa shape index (κ1) is 10.4. The van der Waals surface area contributed by atoms with Crippen LogP contribution >= 0.6 is 0 Å². The van der Waals surface area contributed by atoms with Gasteiger partial charge in [0, 0.05) is 11.4 Å². The number of amides is 2. The van der Waals surface area contributed by atoms with Crippen molar-refractivity contribution in [2.45, 2.75) is 26.7 Å². The van der Waals surface area contributed by atoms with Gasteiger partial charge >= 0.3 is 0 Å². The third-order valence-corrected chi connectivity index (χ3v) is 1.58. The maximum Gasteiger partial charge on any atom is 0.245 e. The fourth-order valence-corrected chi connectivity index (χ4v) is 0.938. The molecule has 0 aromatic heterocycles. The number of hydrazone groups is 2. The average molecular weight is 196 g/mol. The number of hydrogen-bond acceptors (Lipinski definition) is 4. The van der Waals surface area contributed by atoms with Gasteiger partial charge in [-0.25, -0.2) is 10.9 Å². The number of rotatable bonds is 0. The van der Waals surface area contributed by atoms with E-state index in [1.165, 1.54) is 0 Å². The molecule has 2 N–H and O–H groups in total. The standard InChI is InChI=1S/2C4H6N2O/c2*1-3-2-4(7)6-5-3/h2*2H2,1H3,(H,6,7). The van der Waals surface area contributed by atoms with E-state index in [4.69, 9.17) is 0 Å². The van der Waals surface area contributed by atoms with Gasteiger partial charge in [0.2, 0.25) is 11.8 Å². The summed E-state index contributed by atoms with van der Waals surface area (Å²) in [6.45, 7) is 3.63. The molecule has 0 spiro atoms. The quantitative estimate of drug-likeness (QED) is 0.560. The molecule has 6 heteroatoms. The first-order chi connectivity index (χ1) is 6.58. The summed E-state index contributed by atoms with van der Waals surface area (Å²) in [5.41, 5.74) is 6.37. The molecule has 2 amide bonds. The largest absolute Gasteiger partial charge is 0.273 e. The minimum atomic E-state index is -0.00231. The Balaban J connectivity index is 0.000000140. The second-order valence-electron chi connectivity index (χ2n) is 3.12. The summed E-state index contributed by atoms with van der Waals surface area (Å²) >= 11 is 0. The summed E-state index contributed by atoms with van der Waals surface area (Å²) in [6, 6.07) is 0. The van der Waals surface area contributed by atoms with Gasteiger partial charge in [0.05, 0.1) is 12.8 Å². The lowest BCUT2D eigenvalue weighted by Gasteiger charge is -1.77. The van der Waals surface area contributed by atoms with Gasteiger partial charge in [-0.3, -0.25) is 9.59 Å². The van der Waals surface area contributed by atoms with Gasteiger partial charge in [-0.15, -0.1) is 0 Å². The maximum atomic E-state index is 10.2. The first-order valence-corrected chi connectivity index (χ1v) is 4.22. The van der Waals surface area contributed by atoms with E-state index in [2.05, 4.69) is 21.1 Å². The third-order valence-electron chi connectivity index (χ3n) is 1.58. The van der Waals surface area contributed by atoms with Gasteiger partial charge in [-0.2, -0.15) is 10.2 Å². The van der Waals surface area contributed by atoms with Gasteiger partial charge in [-0.05, 0) is 13.8 Å². The Bertz CT molecular complexity index is 287. The van der Waals surface area contributed by atoms with Crippen LogP contribution in [-0.2, 0) is 9.59 Å². The van der Waals surface area contributed by atoms with E-state index in [0.29, 0.717) is 12.8 Å². The van der Waals surface area contributed by atoms with Crippen molar-refractivity contribution in [2.75, 3.05) is 0 Å². The topological polar surface area (TPSA) is 82.9 Å². The molecular weight excluding hydrogens is 184 g/mol. The highest BCUT2D eigenvalue weighted by atomic mass is 16.2. The molecule has 0 bridgehead atoms. The van der Waals surface area contributed by atoms with Crippen LogP contribution in [0.25, 0.3) is 0 Å². The fraction of sp³-hybridized carbons (Fsp3) is 0.500. The molecule has 2 rings (SSSR count). The first-order valence-electron chi connectivity index (χ1n) is 4.22. The van der Waals surface area contributed by atoms with Crippen molar-refractivity contribution >= 4 is 23.2 Å². The van der Waals surface area contributed by atoms with Crippen LogP contribution in [0.1, 0.15) is 26.7 Å². The van der Waals surface area contributed by atoms with E-state index in [0.717, 1.165) is 11.4 Å². The highest BCUT2D eigenvalue weighted by Crippen LogP contribution is 1.91. The van der Waals surface area contributed by atoms with Crippen molar-refractivity contribution in [2.24, 2.45) is 10.2 Å².